The number of nitrogens with zero attached hydrogens (tertiary/aromatic N) is 4. The topological polar surface area (TPSA) is 81.9 Å². The van der Waals surface area contributed by atoms with Gasteiger partial charge in [-0.1, -0.05) is 5.16 Å². The van der Waals surface area contributed by atoms with E-state index in [4.69, 9.17) is 4.52 Å². The van der Waals surface area contributed by atoms with Gasteiger partial charge in [-0.15, -0.1) is 0 Å². The second-order valence-electron chi connectivity index (χ2n) is 6.89. The molecule has 1 aromatic rings. The predicted octanol–water partition coefficient (Wildman–Crippen LogP) is 1.07. The quantitative estimate of drug-likeness (QED) is 0.757. The van der Waals surface area contributed by atoms with Crippen LogP contribution in [0.2, 0.25) is 0 Å². The molecule has 0 aliphatic carbocycles. The molecular weight excluding hydrogens is 322 g/mol. The van der Waals surface area contributed by atoms with Gasteiger partial charge in [0.15, 0.2) is 5.76 Å². The van der Waals surface area contributed by atoms with Gasteiger partial charge in [-0.05, 0) is 33.9 Å². The molecule has 1 aliphatic heterocycles. The molecule has 2 heterocycles. The summed E-state index contributed by atoms with van der Waals surface area (Å²) in [6.07, 6.45) is 2.26. The highest BCUT2D eigenvalue weighted by atomic mass is 16.5. The molecule has 1 saturated heterocycles. The van der Waals surface area contributed by atoms with E-state index in [1.54, 1.807) is 11.9 Å². The van der Waals surface area contributed by atoms with Gasteiger partial charge >= 0.3 is 6.03 Å². The molecule has 1 fully saturated rings. The van der Waals surface area contributed by atoms with Crippen molar-refractivity contribution in [2.45, 2.75) is 38.8 Å². The summed E-state index contributed by atoms with van der Waals surface area (Å²) in [7, 11) is 5.72. The third-order valence-corrected chi connectivity index (χ3v) is 4.41. The molecule has 0 saturated carbocycles. The molecule has 140 valence electrons. The molecule has 25 heavy (non-hydrogen) atoms. The lowest BCUT2D eigenvalue weighted by molar-refractivity contribution is -0.129. The SMILES string of the molecule is Cc1cc(CN(C)C(=O)NCC[C@H]2CCC(=O)N2CCN(C)C)on1. The van der Waals surface area contributed by atoms with Gasteiger partial charge < -0.3 is 24.5 Å². The Hall–Kier alpha value is -2.09. The minimum absolute atomic E-state index is 0.154. The van der Waals surface area contributed by atoms with Gasteiger partial charge in [-0.3, -0.25) is 4.79 Å². The Labute approximate surface area is 149 Å². The first kappa shape index (κ1) is 19.2. The van der Waals surface area contributed by atoms with Crippen molar-refractivity contribution in [1.29, 1.82) is 0 Å². The van der Waals surface area contributed by atoms with Gasteiger partial charge in [0.25, 0.3) is 0 Å². The first-order valence-corrected chi connectivity index (χ1v) is 8.72. The molecular formula is C17H29N5O3. The second-order valence-corrected chi connectivity index (χ2v) is 6.89. The molecule has 1 atom stereocenters. The first-order chi connectivity index (χ1) is 11.9. The summed E-state index contributed by atoms with van der Waals surface area (Å²) < 4.78 is 5.12. The highest BCUT2D eigenvalue weighted by molar-refractivity contribution is 5.78. The number of nitrogens with one attached hydrogen (secondary N) is 1. The lowest BCUT2D eigenvalue weighted by atomic mass is 10.1. The third kappa shape index (κ3) is 5.74. The number of carbonyl (C=O) groups is 2. The van der Waals surface area contributed by atoms with Crippen molar-refractivity contribution in [3.8, 4) is 0 Å². The zero-order valence-electron chi connectivity index (χ0n) is 15.6. The molecule has 0 spiro atoms. The molecule has 1 N–H and O–H groups in total. The van der Waals surface area contributed by atoms with Crippen LogP contribution in [0.1, 0.15) is 30.7 Å². The fraction of sp³-hybridized carbons (Fsp3) is 0.706. The van der Waals surface area contributed by atoms with Crippen LogP contribution in [-0.4, -0.2) is 78.6 Å². The molecule has 3 amide bonds. The van der Waals surface area contributed by atoms with Gasteiger partial charge in [0.05, 0.1) is 12.2 Å². The van der Waals surface area contributed by atoms with Crippen LogP contribution in [0.15, 0.2) is 10.6 Å². The number of aryl methyl sites for hydroxylation is 1. The first-order valence-electron chi connectivity index (χ1n) is 8.72. The van der Waals surface area contributed by atoms with Gasteiger partial charge in [0.1, 0.15) is 0 Å². The van der Waals surface area contributed by atoms with E-state index in [9.17, 15) is 9.59 Å². The van der Waals surface area contributed by atoms with Gasteiger partial charge in [-0.25, -0.2) is 4.79 Å². The van der Waals surface area contributed by atoms with Crippen LogP contribution in [-0.2, 0) is 11.3 Å². The average molecular weight is 351 g/mol. The molecule has 0 unspecified atom stereocenters. The van der Waals surface area contributed by atoms with E-state index in [-0.39, 0.29) is 18.0 Å². The van der Waals surface area contributed by atoms with E-state index >= 15 is 0 Å². The summed E-state index contributed by atoms with van der Waals surface area (Å²) in [6.45, 7) is 4.37. The highest BCUT2D eigenvalue weighted by Gasteiger charge is 2.30. The summed E-state index contributed by atoms with van der Waals surface area (Å²) >= 11 is 0. The number of urea groups is 1. The van der Waals surface area contributed by atoms with Gasteiger partial charge in [0, 0.05) is 45.2 Å². The van der Waals surface area contributed by atoms with E-state index in [0.29, 0.717) is 25.3 Å². The fourth-order valence-corrected chi connectivity index (χ4v) is 2.99. The minimum atomic E-state index is -0.154. The Morgan fingerprint density at radius 3 is 2.84 bits per heavy atom. The maximum Gasteiger partial charge on any atom is 0.317 e. The molecule has 2 rings (SSSR count). The lowest BCUT2D eigenvalue weighted by Gasteiger charge is -2.26. The maximum atomic E-state index is 12.2. The van der Waals surface area contributed by atoms with E-state index < -0.39 is 0 Å². The Morgan fingerprint density at radius 2 is 2.20 bits per heavy atom. The third-order valence-electron chi connectivity index (χ3n) is 4.41. The monoisotopic (exact) mass is 351 g/mol. The number of hydrogen-bond donors (Lipinski definition) is 1. The Balaban J connectivity index is 1.73. The lowest BCUT2D eigenvalue weighted by Crippen LogP contribution is -2.41. The molecule has 8 heteroatoms. The number of aromatic nitrogens is 1. The van der Waals surface area contributed by atoms with Crippen LogP contribution in [0.25, 0.3) is 0 Å². The number of likely N-dealkylation sites (N-methyl/N-ethyl adjacent to an activating group) is 1. The Kier molecular flexibility index (Phi) is 6.81. The Morgan fingerprint density at radius 1 is 1.44 bits per heavy atom. The summed E-state index contributed by atoms with van der Waals surface area (Å²) in [5.74, 6) is 0.877. The number of rotatable bonds is 8. The van der Waals surface area contributed by atoms with Gasteiger partial charge in [-0.2, -0.15) is 0 Å². The number of hydrogen-bond acceptors (Lipinski definition) is 5. The zero-order chi connectivity index (χ0) is 18.4. The molecule has 0 bridgehead atoms. The minimum Gasteiger partial charge on any atom is -0.359 e. The van der Waals surface area contributed by atoms with E-state index in [0.717, 1.165) is 31.6 Å². The number of likely N-dealkylation sites (tertiary alicyclic amines) is 1. The zero-order valence-corrected chi connectivity index (χ0v) is 15.6. The van der Waals surface area contributed by atoms with Crippen molar-refractivity contribution in [2.24, 2.45) is 0 Å². The fourth-order valence-electron chi connectivity index (χ4n) is 2.99. The normalized spacial score (nSPS) is 17.4. The maximum absolute atomic E-state index is 12.2. The van der Waals surface area contributed by atoms with Crippen LogP contribution >= 0.6 is 0 Å². The number of amides is 3. The molecule has 0 radical (unpaired) electrons. The average Bonchev–Trinajstić information content (AvgIpc) is 3.11. The van der Waals surface area contributed by atoms with Crippen molar-refractivity contribution in [1.82, 2.24) is 25.2 Å². The summed E-state index contributed by atoms with van der Waals surface area (Å²) in [4.78, 5) is 29.7. The molecule has 1 aliphatic rings. The Bertz CT molecular complexity index is 587. The molecule has 1 aromatic heterocycles. The number of carbonyl (C=O) groups excluding carboxylic acids is 2. The highest BCUT2D eigenvalue weighted by Crippen LogP contribution is 2.20. The summed E-state index contributed by atoms with van der Waals surface area (Å²) in [5, 5.41) is 6.73. The van der Waals surface area contributed by atoms with Crippen molar-refractivity contribution in [2.75, 3.05) is 40.8 Å². The van der Waals surface area contributed by atoms with Gasteiger partial charge in [0.2, 0.25) is 5.91 Å². The van der Waals surface area contributed by atoms with Crippen LogP contribution in [0.5, 0.6) is 0 Å². The van der Waals surface area contributed by atoms with Crippen LogP contribution < -0.4 is 5.32 Å². The molecule has 8 nitrogen and oxygen atoms in total. The van der Waals surface area contributed by atoms with Crippen molar-refractivity contribution < 1.29 is 14.1 Å². The van der Waals surface area contributed by atoms with Crippen LogP contribution in [0, 0.1) is 6.92 Å². The summed E-state index contributed by atoms with van der Waals surface area (Å²) in [6, 6.07) is 1.88. The van der Waals surface area contributed by atoms with Crippen molar-refractivity contribution >= 4 is 11.9 Å². The van der Waals surface area contributed by atoms with Crippen molar-refractivity contribution in [3.63, 3.8) is 0 Å². The summed E-state index contributed by atoms with van der Waals surface area (Å²) in [5.41, 5.74) is 0.799. The molecule has 0 aromatic carbocycles. The standard InChI is InChI=1S/C17H29N5O3/c1-13-11-15(25-19-13)12-21(4)17(24)18-8-7-14-5-6-16(23)22(14)10-9-20(2)3/h11,14H,5-10,12H2,1-4H3,(H,18,24)/t14-/m1/s1. The largest absolute Gasteiger partial charge is 0.359 e. The van der Waals surface area contributed by atoms with E-state index in [1.807, 2.05) is 32.0 Å². The predicted molar refractivity (Wildman–Crippen MR) is 94.0 cm³/mol. The van der Waals surface area contributed by atoms with E-state index in [1.165, 1.54) is 0 Å². The smallest absolute Gasteiger partial charge is 0.317 e. The second kappa shape index (κ2) is 8.84. The van der Waals surface area contributed by atoms with Crippen LogP contribution in [0.3, 0.4) is 0 Å². The van der Waals surface area contributed by atoms with Crippen LogP contribution in [0.4, 0.5) is 4.79 Å². The van der Waals surface area contributed by atoms with E-state index in [2.05, 4.69) is 15.4 Å². The van der Waals surface area contributed by atoms with Crippen molar-refractivity contribution in [3.05, 3.63) is 17.5 Å².